The summed E-state index contributed by atoms with van der Waals surface area (Å²) in [5, 5.41) is 0.782. The fraction of sp³-hybridized carbons (Fsp3) is 0.200. The molecule has 1 aliphatic rings. The Labute approximate surface area is 106 Å². The average Bonchev–Trinajstić information content (AvgIpc) is 3.05. The summed E-state index contributed by atoms with van der Waals surface area (Å²) in [5.41, 5.74) is 8.70. The molecule has 1 nitrogen and oxygen atoms in total. The van der Waals surface area contributed by atoms with Crippen molar-refractivity contribution >= 4 is 11.6 Å². The molecular weight excluding hydrogens is 230 g/mol. The van der Waals surface area contributed by atoms with Crippen LogP contribution in [0.2, 0.25) is 5.02 Å². The SMILES string of the molecule is NC1(c2ccccc2)CC1c1cccc(Cl)c1. The lowest BCUT2D eigenvalue weighted by Gasteiger charge is -2.12. The zero-order chi connectivity index (χ0) is 11.9. The van der Waals surface area contributed by atoms with Crippen LogP contribution in [0.5, 0.6) is 0 Å². The minimum Gasteiger partial charge on any atom is -0.321 e. The van der Waals surface area contributed by atoms with Gasteiger partial charge >= 0.3 is 0 Å². The summed E-state index contributed by atoms with van der Waals surface area (Å²) in [5.74, 6) is 0.392. The van der Waals surface area contributed by atoms with E-state index >= 15 is 0 Å². The highest BCUT2D eigenvalue weighted by Crippen LogP contribution is 2.56. The van der Waals surface area contributed by atoms with Gasteiger partial charge in [0.2, 0.25) is 0 Å². The summed E-state index contributed by atoms with van der Waals surface area (Å²) in [6.45, 7) is 0. The van der Waals surface area contributed by atoms with E-state index in [1.807, 2.05) is 36.4 Å². The minimum atomic E-state index is -0.202. The zero-order valence-electron chi connectivity index (χ0n) is 9.44. The average molecular weight is 244 g/mol. The molecule has 1 aliphatic carbocycles. The van der Waals surface area contributed by atoms with Crippen LogP contribution in [0.25, 0.3) is 0 Å². The van der Waals surface area contributed by atoms with E-state index in [0.717, 1.165) is 11.4 Å². The third kappa shape index (κ3) is 1.86. The molecule has 0 amide bonds. The molecule has 1 saturated carbocycles. The topological polar surface area (TPSA) is 26.0 Å². The summed E-state index contributed by atoms with van der Waals surface area (Å²) in [6, 6.07) is 18.3. The van der Waals surface area contributed by atoms with Gasteiger partial charge in [-0.1, -0.05) is 54.1 Å². The Balaban J connectivity index is 1.91. The number of rotatable bonds is 2. The quantitative estimate of drug-likeness (QED) is 0.856. The Morgan fingerprint density at radius 3 is 2.53 bits per heavy atom. The van der Waals surface area contributed by atoms with Crippen LogP contribution in [-0.2, 0) is 5.54 Å². The van der Waals surface area contributed by atoms with Crippen LogP contribution >= 0.6 is 11.6 Å². The van der Waals surface area contributed by atoms with Gasteiger partial charge in [-0.2, -0.15) is 0 Å². The Kier molecular flexibility index (Phi) is 2.46. The van der Waals surface area contributed by atoms with E-state index in [4.69, 9.17) is 17.3 Å². The van der Waals surface area contributed by atoms with Crippen LogP contribution in [0.15, 0.2) is 54.6 Å². The Morgan fingerprint density at radius 2 is 1.82 bits per heavy atom. The van der Waals surface area contributed by atoms with E-state index in [0.29, 0.717) is 5.92 Å². The van der Waals surface area contributed by atoms with Gasteiger partial charge in [-0.15, -0.1) is 0 Å². The Bertz CT molecular complexity index is 538. The number of halogens is 1. The number of hydrogen-bond acceptors (Lipinski definition) is 1. The molecule has 86 valence electrons. The second-order valence-electron chi connectivity index (χ2n) is 4.72. The Morgan fingerprint density at radius 1 is 1.06 bits per heavy atom. The second kappa shape index (κ2) is 3.86. The molecule has 0 aliphatic heterocycles. The van der Waals surface area contributed by atoms with Crippen LogP contribution in [0, 0.1) is 0 Å². The fourth-order valence-electron chi connectivity index (χ4n) is 2.48. The highest BCUT2D eigenvalue weighted by Gasteiger charge is 2.52. The number of benzene rings is 2. The van der Waals surface area contributed by atoms with Gasteiger partial charge < -0.3 is 5.73 Å². The molecule has 2 aromatic carbocycles. The van der Waals surface area contributed by atoms with Crippen LogP contribution in [0.3, 0.4) is 0 Å². The third-order valence-corrected chi connectivity index (χ3v) is 3.80. The molecule has 1 fully saturated rings. The van der Waals surface area contributed by atoms with Gasteiger partial charge in [-0.25, -0.2) is 0 Å². The molecule has 0 radical (unpaired) electrons. The lowest BCUT2D eigenvalue weighted by atomic mass is 10.00. The van der Waals surface area contributed by atoms with Crippen molar-refractivity contribution < 1.29 is 0 Å². The van der Waals surface area contributed by atoms with Crippen LogP contribution in [0.4, 0.5) is 0 Å². The van der Waals surface area contributed by atoms with E-state index in [-0.39, 0.29) is 5.54 Å². The highest BCUT2D eigenvalue weighted by atomic mass is 35.5. The van der Waals surface area contributed by atoms with Gasteiger partial charge in [-0.05, 0) is 29.7 Å². The highest BCUT2D eigenvalue weighted by molar-refractivity contribution is 6.30. The third-order valence-electron chi connectivity index (χ3n) is 3.57. The molecule has 0 bridgehead atoms. The molecule has 2 atom stereocenters. The molecule has 2 N–H and O–H groups in total. The van der Waals surface area contributed by atoms with E-state index in [1.165, 1.54) is 11.1 Å². The molecule has 0 heterocycles. The Hall–Kier alpha value is -1.31. The van der Waals surface area contributed by atoms with Crippen molar-refractivity contribution in [2.24, 2.45) is 5.73 Å². The normalized spacial score (nSPS) is 26.8. The largest absolute Gasteiger partial charge is 0.321 e. The number of hydrogen-bond donors (Lipinski definition) is 1. The summed E-state index contributed by atoms with van der Waals surface area (Å²) in [6.07, 6.45) is 0.997. The summed E-state index contributed by atoms with van der Waals surface area (Å²) < 4.78 is 0. The molecule has 2 aromatic rings. The van der Waals surface area contributed by atoms with Gasteiger partial charge in [0.05, 0.1) is 0 Å². The predicted molar refractivity (Wildman–Crippen MR) is 71.1 cm³/mol. The molecule has 17 heavy (non-hydrogen) atoms. The maximum absolute atomic E-state index is 6.45. The lowest BCUT2D eigenvalue weighted by Crippen LogP contribution is -2.21. The number of nitrogens with two attached hydrogens (primary N) is 1. The van der Waals surface area contributed by atoms with Crippen molar-refractivity contribution in [2.45, 2.75) is 17.9 Å². The van der Waals surface area contributed by atoms with E-state index < -0.39 is 0 Å². The van der Waals surface area contributed by atoms with Crippen molar-refractivity contribution in [3.05, 3.63) is 70.7 Å². The fourth-order valence-corrected chi connectivity index (χ4v) is 2.68. The van der Waals surface area contributed by atoms with E-state index in [2.05, 4.69) is 18.2 Å². The van der Waals surface area contributed by atoms with Gasteiger partial charge in [0.25, 0.3) is 0 Å². The first-order valence-corrected chi connectivity index (χ1v) is 6.18. The van der Waals surface area contributed by atoms with Gasteiger partial charge in [-0.3, -0.25) is 0 Å². The first kappa shape index (κ1) is 10.8. The minimum absolute atomic E-state index is 0.202. The summed E-state index contributed by atoms with van der Waals surface area (Å²) >= 11 is 6.02. The summed E-state index contributed by atoms with van der Waals surface area (Å²) in [7, 11) is 0. The van der Waals surface area contributed by atoms with Gasteiger partial charge in [0.15, 0.2) is 0 Å². The lowest BCUT2D eigenvalue weighted by molar-refractivity contribution is 0.706. The van der Waals surface area contributed by atoms with Crippen LogP contribution in [0.1, 0.15) is 23.5 Å². The second-order valence-corrected chi connectivity index (χ2v) is 5.15. The monoisotopic (exact) mass is 243 g/mol. The van der Waals surface area contributed by atoms with Crippen molar-refractivity contribution in [1.29, 1.82) is 0 Å². The molecule has 3 rings (SSSR count). The molecular formula is C15H14ClN. The van der Waals surface area contributed by atoms with Gasteiger partial charge in [0, 0.05) is 16.5 Å². The van der Waals surface area contributed by atoms with Crippen molar-refractivity contribution in [3.8, 4) is 0 Å². The molecule has 0 spiro atoms. The smallest absolute Gasteiger partial charge is 0.0486 e. The zero-order valence-corrected chi connectivity index (χ0v) is 10.2. The first-order valence-electron chi connectivity index (χ1n) is 5.80. The summed E-state index contributed by atoms with van der Waals surface area (Å²) in [4.78, 5) is 0. The van der Waals surface area contributed by atoms with E-state index in [9.17, 15) is 0 Å². The molecule has 0 aromatic heterocycles. The maximum Gasteiger partial charge on any atom is 0.0486 e. The van der Waals surface area contributed by atoms with Crippen molar-refractivity contribution in [2.75, 3.05) is 0 Å². The van der Waals surface area contributed by atoms with Crippen molar-refractivity contribution in [3.63, 3.8) is 0 Å². The van der Waals surface area contributed by atoms with Crippen LogP contribution < -0.4 is 5.73 Å². The standard InChI is InChI=1S/C15H14ClN/c16-13-8-4-5-11(9-13)14-10-15(14,17)12-6-2-1-3-7-12/h1-9,14H,10,17H2. The molecule has 2 heteroatoms. The molecule has 0 saturated heterocycles. The van der Waals surface area contributed by atoms with E-state index in [1.54, 1.807) is 0 Å². The maximum atomic E-state index is 6.45. The van der Waals surface area contributed by atoms with Crippen molar-refractivity contribution in [1.82, 2.24) is 0 Å². The predicted octanol–water partition coefficient (Wildman–Crippen LogP) is 3.68. The van der Waals surface area contributed by atoms with Gasteiger partial charge in [0.1, 0.15) is 0 Å². The van der Waals surface area contributed by atoms with Crippen LogP contribution in [-0.4, -0.2) is 0 Å². The molecule has 2 unspecified atom stereocenters. The first-order chi connectivity index (χ1) is 8.20.